The molecule has 0 aliphatic rings. The predicted octanol–water partition coefficient (Wildman–Crippen LogP) is 5.07. The number of hydrogen-bond donors (Lipinski definition) is 0. The third kappa shape index (κ3) is 5.06. The topological polar surface area (TPSA) is 60.1 Å². The Bertz CT molecular complexity index is 1110. The van der Waals surface area contributed by atoms with Gasteiger partial charge in [0, 0.05) is 28.7 Å². The molecule has 0 fully saturated rings. The van der Waals surface area contributed by atoms with E-state index in [0.29, 0.717) is 27.0 Å². The minimum absolute atomic E-state index is 0.0801. The van der Waals surface area contributed by atoms with Crippen molar-refractivity contribution in [2.75, 3.05) is 5.75 Å². The minimum Gasteiger partial charge on any atom is -0.265 e. The molecule has 0 saturated heterocycles. The number of carbonyl (C=O) groups excluding carboxylic acids is 1. The van der Waals surface area contributed by atoms with Crippen LogP contribution in [0, 0.1) is 0 Å². The van der Waals surface area contributed by atoms with Gasteiger partial charge < -0.3 is 0 Å². The standard InChI is InChI=1S/C18H14ClF3N4OS2/c1-3-28-13-8-11(10-4-6-12(19)7-5-10)9-23-14(13)15(27)24-17-26(2)25-16(29-17)18(20,21)22/h4-9H,3H2,1-2H3/b24-17-. The number of alkyl halides is 3. The Balaban J connectivity index is 2.00. The van der Waals surface area contributed by atoms with E-state index in [1.807, 2.05) is 19.1 Å². The summed E-state index contributed by atoms with van der Waals surface area (Å²) in [6.45, 7) is 1.92. The van der Waals surface area contributed by atoms with Crippen LogP contribution in [0.15, 0.2) is 46.4 Å². The van der Waals surface area contributed by atoms with Crippen molar-refractivity contribution >= 4 is 40.6 Å². The molecule has 0 aliphatic heterocycles. The van der Waals surface area contributed by atoms with Gasteiger partial charge in [-0.1, -0.05) is 42.0 Å². The zero-order valence-electron chi connectivity index (χ0n) is 15.2. The molecule has 0 radical (unpaired) electrons. The Hall–Kier alpha value is -2.17. The van der Waals surface area contributed by atoms with Crippen molar-refractivity contribution in [3.05, 3.63) is 57.1 Å². The van der Waals surface area contributed by atoms with E-state index in [-0.39, 0.29) is 10.5 Å². The van der Waals surface area contributed by atoms with E-state index in [0.717, 1.165) is 15.8 Å². The molecule has 2 aromatic heterocycles. The monoisotopic (exact) mass is 458 g/mol. The van der Waals surface area contributed by atoms with E-state index in [9.17, 15) is 18.0 Å². The largest absolute Gasteiger partial charge is 0.445 e. The van der Waals surface area contributed by atoms with Crippen LogP contribution < -0.4 is 4.80 Å². The van der Waals surface area contributed by atoms with Crippen molar-refractivity contribution in [2.45, 2.75) is 18.0 Å². The quantitative estimate of drug-likeness (QED) is 0.512. The first kappa shape index (κ1) is 21.5. The summed E-state index contributed by atoms with van der Waals surface area (Å²) in [6, 6.07) is 8.98. The Kier molecular flexibility index (Phi) is 6.45. The summed E-state index contributed by atoms with van der Waals surface area (Å²) >= 11 is 7.61. The van der Waals surface area contributed by atoms with E-state index in [1.165, 1.54) is 25.0 Å². The fourth-order valence-corrected chi connectivity index (χ4v) is 4.05. The molecule has 0 atom stereocenters. The van der Waals surface area contributed by atoms with Gasteiger partial charge in [0.2, 0.25) is 9.81 Å². The van der Waals surface area contributed by atoms with Crippen LogP contribution in [0.1, 0.15) is 22.4 Å². The molecule has 1 amide bonds. The Morgan fingerprint density at radius 1 is 1.28 bits per heavy atom. The predicted molar refractivity (Wildman–Crippen MR) is 107 cm³/mol. The molecule has 1 aromatic carbocycles. The number of nitrogens with zero attached hydrogens (tertiary/aromatic N) is 4. The number of carbonyl (C=O) groups is 1. The highest BCUT2D eigenvalue weighted by Gasteiger charge is 2.35. The number of rotatable bonds is 4. The first-order valence-corrected chi connectivity index (χ1v) is 10.5. The summed E-state index contributed by atoms with van der Waals surface area (Å²) in [4.78, 5) is 21.1. The van der Waals surface area contributed by atoms with Crippen LogP contribution in [0.25, 0.3) is 11.1 Å². The maximum atomic E-state index is 12.8. The van der Waals surface area contributed by atoms with Crippen LogP contribution in [0.4, 0.5) is 13.2 Å². The fraction of sp³-hybridized carbons (Fsp3) is 0.222. The first-order valence-electron chi connectivity index (χ1n) is 8.28. The zero-order valence-corrected chi connectivity index (χ0v) is 17.6. The molecule has 2 heterocycles. The summed E-state index contributed by atoms with van der Waals surface area (Å²) in [6.07, 6.45) is -3.07. The van der Waals surface area contributed by atoms with Gasteiger partial charge in [0.25, 0.3) is 5.91 Å². The lowest BCUT2D eigenvalue weighted by molar-refractivity contribution is -0.138. The van der Waals surface area contributed by atoms with Crippen LogP contribution >= 0.6 is 34.7 Å². The van der Waals surface area contributed by atoms with E-state index in [2.05, 4.69) is 15.1 Å². The maximum absolute atomic E-state index is 12.8. The molecular formula is C18H14ClF3N4OS2. The number of aryl methyl sites for hydroxylation is 1. The average molecular weight is 459 g/mol. The van der Waals surface area contributed by atoms with Gasteiger partial charge in [0.05, 0.1) is 0 Å². The van der Waals surface area contributed by atoms with Gasteiger partial charge in [-0.05, 0) is 29.5 Å². The zero-order chi connectivity index (χ0) is 21.2. The number of benzene rings is 1. The molecule has 0 spiro atoms. The Labute approximate surface area is 177 Å². The molecule has 5 nitrogen and oxygen atoms in total. The summed E-state index contributed by atoms with van der Waals surface area (Å²) < 4.78 is 39.4. The van der Waals surface area contributed by atoms with Crippen LogP contribution in [0.3, 0.4) is 0 Å². The molecule has 0 unspecified atom stereocenters. The molecule has 0 N–H and O–H groups in total. The molecule has 11 heteroatoms. The SMILES string of the molecule is CCSc1cc(-c2ccc(Cl)cc2)cnc1C(=O)/N=c1\sc(C(F)(F)F)nn1C. The lowest BCUT2D eigenvalue weighted by atomic mass is 10.1. The molecule has 0 bridgehead atoms. The van der Waals surface area contributed by atoms with Gasteiger partial charge in [0.1, 0.15) is 5.69 Å². The third-order valence-corrected chi connectivity index (χ3v) is 5.89. The fourth-order valence-electron chi connectivity index (χ4n) is 2.37. The van der Waals surface area contributed by atoms with Crippen molar-refractivity contribution in [1.29, 1.82) is 0 Å². The second-order valence-electron chi connectivity index (χ2n) is 5.74. The summed E-state index contributed by atoms with van der Waals surface area (Å²) in [5, 5.41) is 2.91. The molecule has 0 saturated carbocycles. The number of pyridine rings is 1. The van der Waals surface area contributed by atoms with Crippen LogP contribution in [0.2, 0.25) is 5.02 Å². The normalized spacial score (nSPS) is 12.4. The number of amides is 1. The van der Waals surface area contributed by atoms with Gasteiger partial charge in [0.15, 0.2) is 0 Å². The average Bonchev–Trinajstić information content (AvgIpc) is 3.03. The van der Waals surface area contributed by atoms with Crippen molar-refractivity contribution < 1.29 is 18.0 Å². The number of aromatic nitrogens is 3. The van der Waals surface area contributed by atoms with Gasteiger partial charge in [-0.15, -0.1) is 11.8 Å². The minimum atomic E-state index is -4.60. The van der Waals surface area contributed by atoms with E-state index in [1.54, 1.807) is 18.2 Å². The van der Waals surface area contributed by atoms with Gasteiger partial charge in [-0.2, -0.15) is 23.3 Å². The van der Waals surface area contributed by atoms with Crippen LogP contribution in [-0.2, 0) is 13.2 Å². The van der Waals surface area contributed by atoms with Crippen molar-refractivity contribution in [3.63, 3.8) is 0 Å². The number of halogens is 4. The summed E-state index contributed by atoms with van der Waals surface area (Å²) in [7, 11) is 1.30. The molecule has 3 aromatic rings. The maximum Gasteiger partial charge on any atom is 0.445 e. The van der Waals surface area contributed by atoms with Gasteiger partial charge in [-0.25, -0.2) is 9.67 Å². The molecular weight excluding hydrogens is 445 g/mol. The molecule has 29 heavy (non-hydrogen) atoms. The summed E-state index contributed by atoms with van der Waals surface area (Å²) in [5.74, 6) is -0.0462. The number of hydrogen-bond acceptors (Lipinski definition) is 5. The Morgan fingerprint density at radius 3 is 2.55 bits per heavy atom. The highest BCUT2D eigenvalue weighted by atomic mass is 35.5. The van der Waals surface area contributed by atoms with Gasteiger partial charge >= 0.3 is 6.18 Å². The van der Waals surface area contributed by atoms with E-state index < -0.39 is 17.1 Å². The van der Waals surface area contributed by atoms with Gasteiger partial charge in [-0.3, -0.25) is 4.79 Å². The number of thioether (sulfide) groups is 1. The second kappa shape index (κ2) is 8.68. The second-order valence-corrected chi connectivity index (χ2v) is 8.44. The van der Waals surface area contributed by atoms with E-state index in [4.69, 9.17) is 11.6 Å². The first-order chi connectivity index (χ1) is 13.7. The molecule has 3 rings (SSSR count). The lowest BCUT2D eigenvalue weighted by Crippen LogP contribution is -2.15. The van der Waals surface area contributed by atoms with Crippen molar-refractivity contribution in [2.24, 2.45) is 12.0 Å². The van der Waals surface area contributed by atoms with Crippen LogP contribution in [0.5, 0.6) is 0 Å². The van der Waals surface area contributed by atoms with Crippen molar-refractivity contribution in [3.8, 4) is 11.1 Å². The lowest BCUT2D eigenvalue weighted by Gasteiger charge is -2.08. The van der Waals surface area contributed by atoms with E-state index >= 15 is 0 Å². The summed E-state index contributed by atoms with van der Waals surface area (Å²) in [5.41, 5.74) is 1.74. The highest BCUT2D eigenvalue weighted by Crippen LogP contribution is 2.30. The molecule has 0 aliphatic carbocycles. The third-order valence-electron chi connectivity index (χ3n) is 3.68. The van der Waals surface area contributed by atoms with Crippen molar-refractivity contribution in [1.82, 2.24) is 14.8 Å². The highest BCUT2D eigenvalue weighted by molar-refractivity contribution is 7.99. The molecule has 152 valence electrons. The smallest absolute Gasteiger partial charge is 0.265 e. The Morgan fingerprint density at radius 2 is 1.97 bits per heavy atom. The van der Waals surface area contributed by atoms with Crippen LogP contribution in [-0.4, -0.2) is 26.4 Å².